The highest BCUT2D eigenvalue weighted by Crippen LogP contribution is 2.39. The number of hydrogen-bond donors (Lipinski definition) is 2. The first-order valence-electron chi connectivity index (χ1n) is 13.7. The van der Waals surface area contributed by atoms with Gasteiger partial charge in [-0.05, 0) is 56.4 Å². The maximum Gasteiger partial charge on any atom is 0.341 e. The number of nitrogens with zero attached hydrogens (tertiary/aromatic N) is 2. The molecule has 0 spiro atoms. The number of para-hydroxylation sites is 1. The molecule has 2 amide bonds. The van der Waals surface area contributed by atoms with Crippen LogP contribution in [0.3, 0.4) is 0 Å². The quantitative estimate of drug-likeness (QED) is 0.0950. The van der Waals surface area contributed by atoms with Crippen LogP contribution in [0.1, 0.15) is 50.9 Å². The molecule has 0 saturated carbocycles. The van der Waals surface area contributed by atoms with Crippen molar-refractivity contribution in [1.82, 2.24) is 9.88 Å². The molecule has 12 heteroatoms. The van der Waals surface area contributed by atoms with Crippen LogP contribution in [0.25, 0.3) is 10.9 Å². The summed E-state index contributed by atoms with van der Waals surface area (Å²) in [5, 5.41) is 18.2. The number of ether oxygens (including phenoxy) is 1. The van der Waals surface area contributed by atoms with Gasteiger partial charge in [0, 0.05) is 57.7 Å². The molecule has 0 aliphatic heterocycles. The van der Waals surface area contributed by atoms with Gasteiger partial charge in [-0.25, -0.2) is 4.79 Å². The summed E-state index contributed by atoms with van der Waals surface area (Å²) in [7, 11) is 0. The van der Waals surface area contributed by atoms with Gasteiger partial charge in [0.2, 0.25) is 5.91 Å². The van der Waals surface area contributed by atoms with Crippen LogP contribution in [0.4, 0.5) is 10.7 Å². The normalized spacial score (nSPS) is 12.5. The minimum absolute atomic E-state index is 0.0713. The monoisotopic (exact) mass is 606 g/mol. The van der Waals surface area contributed by atoms with Gasteiger partial charge in [-0.1, -0.05) is 18.2 Å². The van der Waals surface area contributed by atoms with Crippen molar-refractivity contribution in [3.63, 3.8) is 0 Å². The van der Waals surface area contributed by atoms with Crippen LogP contribution in [0.2, 0.25) is 0 Å². The molecule has 0 saturated heterocycles. The molecule has 0 fully saturated rings. The second-order valence-corrected chi connectivity index (χ2v) is 11.9. The van der Waals surface area contributed by atoms with Crippen molar-refractivity contribution in [2.75, 3.05) is 24.2 Å². The van der Waals surface area contributed by atoms with Crippen LogP contribution < -0.4 is 10.6 Å². The Morgan fingerprint density at radius 3 is 2.62 bits per heavy atom. The number of carbonyl (C=O) groups is 3. The van der Waals surface area contributed by atoms with E-state index in [1.165, 1.54) is 47.4 Å². The maximum absolute atomic E-state index is 13.0. The number of fused-ring (bicyclic) bond motifs is 2. The number of non-ortho nitro benzene ring substituents is 1. The summed E-state index contributed by atoms with van der Waals surface area (Å²) in [6, 6.07) is 13.3. The van der Waals surface area contributed by atoms with E-state index >= 15 is 0 Å². The van der Waals surface area contributed by atoms with Crippen molar-refractivity contribution in [2.24, 2.45) is 0 Å². The number of anilines is 1. The minimum Gasteiger partial charge on any atom is -0.462 e. The Hall–Kier alpha value is -4.16. The van der Waals surface area contributed by atoms with E-state index < -0.39 is 4.92 Å². The van der Waals surface area contributed by atoms with E-state index in [0.29, 0.717) is 29.2 Å². The molecule has 2 aromatic carbocycles. The zero-order valence-corrected chi connectivity index (χ0v) is 24.6. The summed E-state index contributed by atoms with van der Waals surface area (Å²) in [6.07, 6.45) is 5.78. The largest absolute Gasteiger partial charge is 0.462 e. The molecule has 5 rings (SSSR count). The van der Waals surface area contributed by atoms with Crippen molar-refractivity contribution in [3.8, 4) is 0 Å². The van der Waals surface area contributed by atoms with E-state index in [1.54, 1.807) is 6.92 Å². The third-order valence-corrected chi connectivity index (χ3v) is 9.24. The van der Waals surface area contributed by atoms with Crippen LogP contribution >= 0.6 is 23.1 Å². The number of thiophene rings is 1. The second kappa shape index (κ2) is 13.2. The lowest BCUT2D eigenvalue weighted by molar-refractivity contribution is -0.384. The smallest absolute Gasteiger partial charge is 0.341 e. The van der Waals surface area contributed by atoms with Gasteiger partial charge in [0.05, 0.1) is 22.8 Å². The standard InChI is InChI=1S/C30H30N4O6S2/c1-2-40-30(37)27-22-8-4-6-10-24(22)42-29(27)32-26(35)18-41-25-17-33(23-9-5-3-7-21(23)25)16-15-31-28(36)19-11-13-20(14-12-19)34(38)39/h3,5,7,9,11-14,17H,2,4,6,8,10,15-16,18H2,1H3,(H,31,36)(H,32,35). The SMILES string of the molecule is CCOC(=O)c1c(NC(=O)CSc2cn(CCNC(=O)c3ccc([N+](=O)[O-])cc3)c3ccccc23)sc2c1CCCC2. The van der Waals surface area contributed by atoms with Gasteiger partial charge < -0.3 is 19.9 Å². The lowest BCUT2D eigenvalue weighted by Crippen LogP contribution is -2.27. The predicted molar refractivity (Wildman–Crippen MR) is 164 cm³/mol. The first kappa shape index (κ1) is 29.3. The number of benzene rings is 2. The Morgan fingerprint density at radius 1 is 1.10 bits per heavy atom. The maximum atomic E-state index is 13.0. The van der Waals surface area contributed by atoms with Gasteiger partial charge in [-0.15, -0.1) is 23.1 Å². The van der Waals surface area contributed by atoms with E-state index in [4.69, 9.17) is 4.74 Å². The van der Waals surface area contributed by atoms with Crippen molar-refractivity contribution in [2.45, 2.75) is 44.0 Å². The van der Waals surface area contributed by atoms with Gasteiger partial charge in [0.25, 0.3) is 11.6 Å². The predicted octanol–water partition coefficient (Wildman–Crippen LogP) is 5.83. The minimum atomic E-state index is -0.506. The molecule has 0 bridgehead atoms. The van der Waals surface area contributed by atoms with Crippen LogP contribution in [0.15, 0.2) is 59.6 Å². The van der Waals surface area contributed by atoms with Crippen molar-refractivity contribution in [1.29, 1.82) is 0 Å². The molecule has 0 radical (unpaired) electrons. The summed E-state index contributed by atoms with van der Waals surface area (Å²) in [4.78, 5) is 50.7. The second-order valence-electron chi connectivity index (χ2n) is 9.74. The fourth-order valence-corrected chi connectivity index (χ4v) is 7.20. The molecular formula is C30H30N4O6S2. The molecule has 42 heavy (non-hydrogen) atoms. The number of hydrogen-bond acceptors (Lipinski definition) is 8. The molecule has 1 aliphatic carbocycles. The molecule has 0 unspecified atom stereocenters. The van der Waals surface area contributed by atoms with Gasteiger partial charge >= 0.3 is 5.97 Å². The summed E-state index contributed by atoms with van der Waals surface area (Å²) >= 11 is 2.88. The van der Waals surface area contributed by atoms with E-state index in [0.717, 1.165) is 51.9 Å². The Labute approximate surface area is 250 Å². The van der Waals surface area contributed by atoms with Crippen molar-refractivity contribution in [3.05, 3.63) is 86.4 Å². The van der Waals surface area contributed by atoms with Crippen LogP contribution in [0.5, 0.6) is 0 Å². The topological polar surface area (TPSA) is 133 Å². The number of rotatable bonds is 11. The van der Waals surface area contributed by atoms with Gasteiger partial charge in [0.15, 0.2) is 0 Å². The fraction of sp³-hybridized carbons (Fsp3) is 0.300. The van der Waals surface area contributed by atoms with E-state index in [9.17, 15) is 24.5 Å². The van der Waals surface area contributed by atoms with Gasteiger partial charge in [0.1, 0.15) is 5.00 Å². The number of amides is 2. The Morgan fingerprint density at radius 2 is 1.86 bits per heavy atom. The van der Waals surface area contributed by atoms with Crippen LogP contribution in [-0.4, -0.2) is 46.2 Å². The number of aryl methyl sites for hydroxylation is 1. The molecule has 0 atom stereocenters. The molecule has 218 valence electrons. The molecule has 10 nitrogen and oxygen atoms in total. The van der Waals surface area contributed by atoms with E-state index in [-0.39, 0.29) is 35.8 Å². The summed E-state index contributed by atoms with van der Waals surface area (Å²) in [5.74, 6) is -0.736. The fourth-order valence-electron chi connectivity index (χ4n) is 5.02. The Balaban J connectivity index is 1.23. The average Bonchev–Trinajstić information content (AvgIpc) is 3.54. The number of esters is 1. The third-order valence-electron chi connectivity index (χ3n) is 6.99. The third kappa shape index (κ3) is 6.50. The number of carbonyl (C=O) groups excluding carboxylic acids is 3. The first-order chi connectivity index (χ1) is 20.4. The molecule has 2 N–H and O–H groups in total. The average molecular weight is 607 g/mol. The highest BCUT2D eigenvalue weighted by Gasteiger charge is 2.27. The van der Waals surface area contributed by atoms with Gasteiger partial charge in [-0.2, -0.15) is 0 Å². The highest BCUT2D eigenvalue weighted by molar-refractivity contribution is 8.00. The highest BCUT2D eigenvalue weighted by atomic mass is 32.2. The summed E-state index contributed by atoms with van der Waals surface area (Å²) < 4.78 is 7.32. The van der Waals surface area contributed by atoms with Crippen LogP contribution in [0, 0.1) is 10.1 Å². The molecule has 2 heterocycles. The van der Waals surface area contributed by atoms with Crippen molar-refractivity contribution >= 4 is 62.5 Å². The first-order valence-corrected chi connectivity index (χ1v) is 15.5. The summed E-state index contributed by atoms with van der Waals surface area (Å²) in [6.45, 7) is 2.89. The van der Waals surface area contributed by atoms with Gasteiger partial charge in [-0.3, -0.25) is 19.7 Å². The zero-order valence-electron chi connectivity index (χ0n) is 23.0. The zero-order chi connectivity index (χ0) is 29.6. The molecular weight excluding hydrogens is 576 g/mol. The molecule has 2 aromatic heterocycles. The van der Waals surface area contributed by atoms with E-state index in [2.05, 4.69) is 10.6 Å². The number of aromatic nitrogens is 1. The number of nitrogens with one attached hydrogen (secondary N) is 2. The summed E-state index contributed by atoms with van der Waals surface area (Å²) in [5.41, 5.74) is 2.76. The van der Waals surface area contributed by atoms with E-state index in [1.807, 2.05) is 35.0 Å². The number of thioether (sulfide) groups is 1. The lowest BCUT2D eigenvalue weighted by atomic mass is 9.95. The number of nitro benzene ring substituents is 1. The van der Waals surface area contributed by atoms with Crippen LogP contribution in [-0.2, 0) is 28.9 Å². The Bertz CT molecular complexity index is 1640. The Kier molecular flexibility index (Phi) is 9.23. The molecule has 4 aromatic rings. The number of nitro groups is 1. The van der Waals surface area contributed by atoms with Crippen molar-refractivity contribution < 1.29 is 24.0 Å². The lowest BCUT2D eigenvalue weighted by Gasteiger charge is -2.12. The molecule has 1 aliphatic rings.